The van der Waals surface area contributed by atoms with Gasteiger partial charge in [-0.2, -0.15) is 0 Å². The molecule has 110 valence electrons. The Labute approximate surface area is 129 Å². The van der Waals surface area contributed by atoms with Crippen LogP contribution in [0.5, 0.6) is 11.5 Å². The molecule has 0 saturated carbocycles. The van der Waals surface area contributed by atoms with Gasteiger partial charge >= 0.3 is 0 Å². The van der Waals surface area contributed by atoms with Gasteiger partial charge in [0.25, 0.3) is 5.56 Å². The van der Waals surface area contributed by atoms with Crippen molar-refractivity contribution in [3.63, 3.8) is 0 Å². The highest BCUT2D eigenvalue weighted by molar-refractivity contribution is 7.26. The fourth-order valence-corrected chi connectivity index (χ4v) is 3.92. The summed E-state index contributed by atoms with van der Waals surface area (Å²) >= 11 is 1.48. The molecule has 4 rings (SSSR count). The summed E-state index contributed by atoms with van der Waals surface area (Å²) in [6, 6.07) is 11.6. The van der Waals surface area contributed by atoms with Crippen LogP contribution in [-0.4, -0.2) is 19.2 Å². The Morgan fingerprint density at radius 2 is 1.68 bits per heavy atom. The van der Waals surface area contributed by atoms with Gasteiger partial charge in [-0.3, -0.25) is 4.79 Å². The maximum atomic E-state index is 12.4. The minimum Gasteiger partial charge on any atom is -0.497 e. The van der Waals surface area contributed by atoms with Crippen molar-refractivity contribution in [2.75, 3.05) is 14.2 Å². The first-order chi connectivity index (χ1) is 10.7. The highest BCUT2D eigenvalue weighted by atomic mass is 32.1. The second-order valence-electron chi connectivity index (χ2n) is 5.03. The first-order valence-electron chi connectivity index (χ1n) is 6.81. The zero-order chi connectivity index (χ0) is 15.3. The van der Waals surface area contributed by atoms with Crippen LogP contribution >= 0.6 is 11.3 Å². The van der Waals surface area contributed by atoms with E-state index in [1.54, 1.807) is 14.2 Å². The summed E-state index contributed by atoms with van der Waals surface area (Å²) in [5.74, 6) is 1.56. The Balaban J connectivity index is 2.24. The molecule has 2 aromatic heterocycles. The average Bonchev–Trinajstić information content (AvgIpc) is 2.94. The number of aromatic amines is 1. The quantitative estimate of drug-likeness (QED) is 0.610. The van der Waals surface area contributed by atoms with Crippen molar-refractivity contribution in [2.24, 2.45) is 0 Å². The third-order valence-electron chi connectivity index (χ3n) is 3.85. The molecule has 0 aliphatic heterocycles. The predicted molar refractivity (Wildman–Crippen MR) is 90.6 cm³/mol. The van der Waals surface area contributed by atoms with Crippen LogP contribution in [0.15, 0.2) is 41.2 Å². The molecule has 0 saturated heterocycles. The van der Waals surface area contributed by atoms with Crippen LogP contribution in [0.2, 0.25) is 0 Å². The van der Waals surface area contributed by atoms with Crippen LogP contribution in [0.4, 0.5) is 0 Å². The number of methoxy groups -OCH3 is 2. The van der Waals surface area contributed by atoms with Crippen molar-refractivity contribution in [2.45, 2.75) is 0 Å². The summed E-state index contributed by atoms with van der Waals surface area (Å²) in [5.41, 5.74) is 0.752. The molecule has 2 aromatic carbocycles. The standard InChI is InChI=1S/C17H13NO3S/c1-20-9-4-6-13-12(7-9)15-11-5-3-10(21-2)8-14(11)22-16(15)17(19)18-13/h3-8H,1-2H3,(H,18,19). The van der Waals surface area contributed by atoms with Gasteiger partial charge in [0.1, 0.15) is 16.2 Å². The van der Waals surface area contributed by atoms with Crippen molar-refractivity contribution >= 4 is 42.4 Å². The lowest BCUT2D eigenvalue weighted by Crippen LogP contribution is -2.04. The summed E-state index contributed by atoms with van der Waals surface area (Å²) in [6.45, 7) is 0. The second-order valence-corrected chi connectivity index (χ2v) is 6.09. The number of H-pyrrole nitrogens is 1. The second kappa shape index (κ2) is 4.74. The number of pyridine rings is 1. The predicted octanol–water partition coefficient (Wildman–Crippen LogP) is 3.91. The molecule has 0 radical (unpaired) electrons. The van der Waals surface area contributed by atoms with Crippen molar-refractivity contribution in [1.29, 1.82) is 0 Å². The lowest BCUT2D eigenvalue weighted by atomic mass is 10.1. The van der Waals surface area contributed by atoms with Crippen molar-refractivity contribution in [1.82, 2.24) is 4.98 Å². The number of thiophene rings is 1. The van der Waals surface area contributed by atoms with Crippen LogP contribution in [0.1, 0.15) is 0 Å². The molecule has 0 spiro atoms. The summed E-state index contributed by atoms with van der Waals surface area (Å²) in [4.78, 5) is 15.3. The molecule has 0 aliphatic carbocycles. The van der Waals surface area contributed by atoms with Gasteiger partial charge in [0.2, 0.25) is 0 Å². The van der Waals surface area contributed by atoms with E-state index in [4.69, 9.17) is 9.47 Å². The molecule has 0 fully saturated rings. The van der Waals surface area contributed by atoms with E-state index in [1.165, 1.54) is 11.3 Å². The first kappa shape index (κ1) is 13.2. The van der Waals surface area contributed by atoms with Crippen LogP contribution in [0.25, 0.3) is 31.1 Å². The number of hydrogen-bond donors (Lipinski definition) is 1. The van der Waals surface area contributed by atoms with Gasteiger partial charge in [0.05, 0.1) is 14.2 Å². The summed E-state index contributed by atoms with van der Waals surface area (Å²) < 4.78 is 12.4. The van der Waals surface area contributed by atoms with E-state index in [0.717, 1.165) is 42.6 Å². The van der Waals surface area contributed by atoms with E-state index in [0.29, 0.717) is 0 Å². The van der Waals surface area contributed by atoms with Gasteiger partial charge in [-0.1, -0.05) is 0 Å². The minimum atomic E-state index is -0.0622. The van der Waals surface area contributed by atoms with Gasteiger partial charge < -0.3 is 14.5 Å². The Kier molecular flexibility index (Phi) is 2.84. The van der Waals surface area contributed by atoms with Crippen LogP contribution in [0.3, 0.4) is 0 Å². The van der Waals surface area contributed by atoms with Gasteiger partial charge in [0, 0.05) is 26.4 Å². The normalized spacial score (nSPS) is 11.4. The molecule has 5 heteroatoms. The molecular weight excluding hydrogens is 298 g/mol. The first-order valence-corrected chi connectivity index (χ1v) is 7.63. The highest BCUT2D eigenvalue weighted by Gasteiger charge is 2.13. The number of ether oxygens (including phenoxy) is 2. The zero-order valence-corrected chi connectivity index (χ0v) is 12.9. The van der Waals surface area contributed by atoms with E-state index < -0.39 is 0 Å². The van der Waals surface area contributed by atoms with Gasteiger partial charge in [-0.25, -0.2) is 0 Å². The number of benzene rings is 2. The van der Waals surface area contributed by atoms with Gasteiger partial charge in [-0.05, 0) is 36.4 Å². The largest absolute Gasteiger partial charge is 0.497 e. The summed E-state index contributed by atoms with van der Waals surface area (Å²) in [6.07, 6.45) is 0. The highest BCUT2D eigenvalue weighted by Crippen LogP contribution is 2.38. The molecule has 0 unspecified atom stereocenters. The molecule has 4 nitrogen and oxygen atoms in total. The minimum absolute atomic E-state index is 0.0622. The van der Waals surface area contributed by atoms with Crippen LogP contribution in [0, 0.1) is 0 Å². The molecule has 1 N–H and O–H groups in total. The average molecular weight is 311 g/mol. The summed E-state index contributed by atoms with van der Waals surface area (Å²) in [5, 5.41) is 3.02. The number of nitrogens with one attached hydrogen (secondary N) is 1. The SMILES string of the molecule is COc1ccc2c(c1)sc1c(=O)[nH]c3ccc(OC)cc3c12. The topological polar surface area (TPSA) is 51.3 Å². The molecule has 0 bridgehead atoms. The lowest BCUT2D eigenvalue weighted by Gasteiger charge is -2.04. The number of aromatic nitrogens is 1. The Morgan fingerprint density at radius 3 is 2.45 bits per heavy atom. The number of hydrogen-bond acceptors (Lipinski definition) is 4. The molecule has 0 amide bonds. The maximum Gasteiger partial charge on any atom is 0.266 e. The van der Waals surface area contributed by atoms with Crippen molar-refractivity contribution < 1.29 is 9.47 Å². The smallest absolute Gasteiger partial charge is 0.266 e. The van der Waals surface area contributed by atoms with E-state index >= 15 is 0 Å². The summed E-state index contributed by atoms with van der Waals surface area (Å²) in [7, 11) is 3.28. The van der Waals surface area contributed by atoms with Crippen LogP contribution in [-0.2, 0) is 0 Å². The van der Waals surface area contributed by atoms with E-state index in [2.05, 4.69) is 4.98 Å². The number of fused-ring (bicyclic) bond motifs is 5. The van der Waals surface area contributed by atoms with E-state index in [9.17, 15) is 4.79 Å². The Bertz CT molecular complexity index is 1080. The van der Waals surface area contributed by atoms with Gasteiger partial charge in [0.15, 0.2) is 0 Å². The third-order valence-corrected chi connectivity index (χ3v) is 5.00. The fourth-order valence-electron chi connectivity index (χ4n) is 2.78. The molecule has 4 aromatic rings. The molecular formula is C17H13NO3S. The van der Waals surface area contributed by atoms with Crippen LogP contribution < -0.4 is 15.0 Å². The van der Waals surface area contributed by atoms with Crippen molar-refractivity contribution in [3.05, 3.63) is 46.8 Å². The lowest BCUT2D eigenvalue weighted by molar-refractivity contribution is 0.415. The Hall–Kier alpha value is -2.53. The zero-order valence-electron chi connectivity index (χ0n) is 12.1. The molecule has 0 aliphatic rings. The van der Waals surface area contributed by atoms with Gasteiger partial charge in [-0.15, -0.1) is 11.3 Å². The number of rotatable bonds is 2. The maximum absolute atomic E-state index is 12.4. The molecule has 22 heavy (non-hydrogen) atoms. The molecule has 0 atom stereocenters. The Morgan fingerprint density at radius 1 is 0.955 bits per heavy atom. The monoisotopic (exact) mass is 311 g/mol. The fraction of sp³-hybridized carbons (Fsp3) is 0.118. The third kappa shape index (κ3) is 1.79. The van der Waals surface area contributed by atoms with Crippen molar-refractivity contribution in [3.8, 4) is 11.5 Å². The molecule has 2 heterocycles. The van der Waals surface area contributed by atoms with E-state index in [1.807, 2.05) is 36.4 Å². The van der Waals surface area contributed by atoms with E-state index in [-0.39, 0.29) is 5.56 Å².